The third-order valence-electron chi connectivity index (χ3n) is 9.09. The number of aromatic nitrogens is 4. The number of carbonyl (C=O) groups is 2. The first kappa shape index (κ1) is 34.8. The summed E-state index contributed by atoms with van der Waals surface area (Å²) in [6.45, 7) is 0. The molecule has 0 fully saturated rings. The highest BCUT2D eigenvalue weighted by Crippen LogP contribution is 2.34. The van der Waals surface area contributed by atoms with Crippen molar-refractivity contribution in [2.24, 2.45) is 0 Å². The highest BCUT2D eigenvalue weighted by atomic mass is 79.9. The summed E-state index contributed by atoms with van der Waals surface area (Å²) in [5.74, 6) is -0.406. The van der Waals surface area contributed by atoms with Gasteiger partial charge in [-0.05, 0) is 84.9 Å². The summed E-state index contributed by atoms with van der Waals surface area (Å²) in [7, 11) is 1.61. The standard InChI is InChI=1S/C25H18BrN3O2.C18H11BrN2O2/c1-31-17-9-7-16(8-10-17)28-25(30)20-13-24(29-23-5-3-2-4-18(20)23)21-14-27-22-11-6-15(26)12-19(21)22;19-10-5-6-15-12(7-10)14(9-20-15)17-8-13(18(22)23)11-3-1-2-4-16(11)21-17/h2-14,27H,1H3,(H,28,30);1-9,20H,(H,22,23). The number of carboxylic acids is 1. The summed E-state index contributed by atoms with van der Waals surface area (Å²) in [6.07, 6.45) is 3.79. The lowest BCUT2D eigenvalue weighted by atomic mass is 10.0. The zero-order valence-corrected chi connectivity index (χ0v) is 31.7. The van der Waals surface area contributed by atoms with Crippen LogP contribution in [0.4, 0.5) is 5.69 Å². The van der Waals surface area contributed by atoms with Gasteiger partial charge in [-0.25, -0.2) is 14.8 Å². The van der Waals surface area contributed by atoms with Crippen molar-refractivity contribution in [1.29, 1.82) is 0 Å². The lowest BCUT2D eigenvalue weighted by molar-refractivity contribution is 0.0698. The Balaban J connectivity index is 0.000000160. The number of aromatic amines is 2. The fourth-order valence-electron chi connectivity index (χ4n) is 6.47. The molecule has 0 saturated heterocycles. The molecule has 9 nitrogen and oxygen atoms in total. The number of benzene rings is 5. The maximum atomic E-state index is 13.2. The van der Waals surface area contributed by atoms with Gasteiger partial charge < -0.3 is 25.1 Å². The van der Waals surface area contributed by atoms with E-state index in [0.29, 0.717) is 27.8 Å². The predicted molar refractivity (Wildman–Crippen MR) is 221 cm³/mol. The molecule has 9 aromatic rings. The number of amides is 1. The van der Waals surface area contributed by atoms with E-state index in [9.17, 15) is 14.7 Å². The van der Waals surface area contributed by atoms with E-state index < -0.39 is 5.97 Å². The average molecular weight is 840 g/mol. The second kappa shape index (κ2) is 14.6. The van der Waals surface area contributed by atoms with Crippen molar-refractivity contribution in [3.8, 4) is 28.3 Å². The number of carbonyl (C=O) groups excluding carboxylic acids is 1. The summed E-state index contributed by atoms with van der Waals surface area (Å²) in [5.41, 5.74) is 8.17. The Bertz CT molecular complexity index is 2880. The Morgan fingerprint density at radius 1 is 0.630 bits per heavy atom. The van der Waals surface area contributed by atoms with E-state index in [1.165, 1.54) is 0 Å². The number of methoxy groups -OCH3 is 1. The molecule has 0 aliphatic heterocycles. The Labute approximate surface area is 325 Å². The van der Waals surface area contributed by atoms with Crippen LogP contribution < -0.4 is 10.1 Å². The zero-order chi connectivity index (χ0) is 37.3. The summed E-state index contributed by atoms with van der Waals surface area (Å²) < 4.78 is 7.14. The number of rotatable bonds is 6. The Morgan fingerprint density at radius 2 is 1.13 bits per heavy atom. The normalized spacial score (nSPS) is 11.1. The molecule has 11 heteroatoms. The van der Waals surface area contributed by atoms with Crippen LogP contribution in [0.1, 0.15) is 20.7 Å². The van der Waals surface area contributed by atoms with Crippen molar-refractivity contribution in [3.05, 3.63) is 154 Å². The van der Waals surface area contributed by atoms with E-state index in [4.69, 9.17) is 9.72 Å². The SMILES string of the molecule is COc1ccc(NC(=O)c2cc(-c3c[nH]c4ccc(Br)cc34)nc3ccccc23)cc1.O=C(O)c1cc(-c2c[nH]c3ccc(Br)cc23)nc2ccccc12. The van der Waals surface area contributed by atoms with Gasteiger partial charge in [-0.2, -0.15) is 0 Å². The molecule has 0 aliphatic carbocycles. The molecule has 1 amide bonds. The van der Waals surface area contributed by atoms with Crippen LogP contribution in [0.5, 0.6) is 5.75 Å². The van der Waals surface area contributed by atoms with Gasteiger partial charge in [0.05, 0.1) is 40.7 Å². The van der Waals surface area contributed by atoms with Gasteiger partial charge in [-0.15, -0.1) is 0 Å². The van der Waals surface area contributed by atoms with Crippen LogP contribution in [0.2, 0.25) is 0 Å². The van der Waals surface area contributed by atoms with E-state index in [2.05, 4.69) is 58.2 Å². The largest absolute Gasteiger partial charge is 0.497 e. The molecular weight excluding hydrogens is 810 g/mol. The Kier molecular flexibility index (Phi) is 9.41. The number of aromatic carboxylic acids is 1. The third-order valence-corrected chi connectivity index (χ3v) is 10.1. The minimum atomic E-state index is -0.953. The maximum Gasteiger partial charge on any atom is 0.336 e. The van der Waals surface area contributed by atoms with E-state index in [-0.39, 0.29) is 11.5 Å². The number of para-hydroxylation sites is 2. The summed E-state index contributed by atoms with van der Waals surface area (Å²) >= 11 is 7.01. The molecule has 54 heavy (non-hydrogen) atoms. The summed E-state index contributed by atoms with van der Waals surface area (Å²) in [5, 5.41) is 16.0. The molecule has 0 bridgehead atoms. The third kappa shape index (κ3) is 6.82. The molecule has 0 radical (unpaired) electrons. The van der Waals surface area contributed by atoms with Gasteiger partial charge in [0.25, 0.3) is 5.91 Å². The number of fused-ring (bicyclic) bond motifs is 4. The fourth-order valence-corrected chi connectivity index (χ4v) is 7.20. The van der Waals surface area contributed by atoms with Crippen molar-refractivity contribution in [2.45, 2.75) is 0 Å². The number of hydrogen-bond donors (Lipinski definition) is 4. The quantitative estimate of drug-likeness (QED) is 0.132. The second-order valence-corrected chi connectivity index (χ2v) is 14.2. The predicted octanol–water partition coefficient (Wildman–Crippen LogP) is 11.3. The maximum absolute atomic E-state index is 13.2. The molecule has 0 aliphatic rings. The van der Waals surface area contributed by atoms with Gasteiger partial charge in [0.15, 0.2) is 0 Å². The molecule has 4 aromatic heterocycles. The molecule has 0 saturated carbocycles. The molecule has 264 valence electrons. The number of nitrogens with one attached hydrogen (secondary N) is 3. The number of halogens is 2. The van der Waals surface area contributed by atoms with Crippen LogP contribution in [-0.4, -0.2) is 44.0 Å². The average Bonchev–Trinajstić information content (AvgIpc) is 3.81. The number of nitrogens with zero attached hydrogens (tertiary/aromatic N) is 2. The number of H-pyrrole nitrogens is 2. The Morgan fingerprint density at radius 3 is 1.65 bits per heavy atom. The van der Waals surface area contributed by atoms with Crippen molar-refractivity contribution in [2.75, 3.05) is 12.4 Å². The number of anilines is 1. The van der Waals surface area contributed by atoms with Crippen LogP contribution >= 0.6 is 31.9 Å². The van der Waals surface area contributed by atoms with E-state index >= 15 is 0 Å². The lowest BCUT2D eigenvalue weighted by Gasteiger charge is -2.11. The zero-order valence-electron chi connectivity index (χ0n) is 28.5. The van der Waals surface area contributed by atoms with Gasteiger partial charge in [0.1, 0.15) is 5.75 Å². The molecule has 4 heterocycles. The molecule has 0 atom stereocenters. The molecule has 0 unspecified atom stereocenters. The molecule has 9 rings (SSSR count). The van der Waals surface area contributed by atoms with Crippen LogP contribution in [0.3, 0.4) is 0 Å². The molecule has 0 spiro atoms. The summed E-state index contributed by atoms with van der Waals surface area (Å²) in [4.78, 5) is 40.8. The minimum absolute atomic E-state index is 0.189. The number of ether oxygens (including phenoxy) is 1. The Hall–Kier alpha value is -6.30. The monoisotopic (exact) mass is 837 g/mol. The van der Waals surface area contributed by atoms with Crippen LogP contribution in [0.25, 0.3) is 66.1 Å². The van der Waals surface area contributed by atoms with Crippen molar-refractivity contribution >= 4 is 93.0 Å². The van der Waals surface area contributed by atoms with Gasteiger partial charge in [0, 0.05) is 70.7 Å². The minimum Gasteiger partial charge on any atom is -0.497 e. The fraction of sp³-hybridized carbons (Fsp3) is 0.0233. The van der Waals surface area contributed by atoms with Crippen LogP contribution in [0, 0.1) is 0 Å². The first-order chi connectivity index (χ1) is 26.2. The van der Waals surface area contributed by atoms with Crippen LogP contribution in [0.15, 0.2) is 143 Å². The summed E-state index contributed by atoms with van der Waals surface area (Å²) in [6, 6.07) is 37.7. The number of hydrogen-bond acceptors (Lipinski definition) is 5. The highest BCUT2D eigenvalue weighted by molar-refractivity contribution is 9.10. The first-order valence-corrected chi connectivity index (χ1v) is 18.4. The van der Waals surface area contributed by atoms with Gasteiger partial charge in [0.2, 0.25) is 0 Å². The number of carboxylic acid groups (broad SMARTS) is 1. The highest BCUT2D eigenvalue weighted by Gasteiger charge is 2.17. The van der Waals surface area contributed by atoms with Crippen molar-refractivity contribution in [1.82, 2.24) is 19.9 Å². The van der Waals surface area contributed by atoms with E-state index in [1.54, 1.807) is 19.2 Å². The second-order valence-electron chi connectivity index (χ2n) is 12.4. The van der Waals surface area contributed by atoms with Crippen molar-refractivity contribution < 1.29 is 19.4 Å². The van der Waals surface area contributed by atoms with Gasteiger partial charge >= 0.3 is 5.97 Å². The van der Waals surface area contributed by atoms with Gasteiger partial charge in [-0.3, -0.25) is 4.79 Å². The van der Waals surface area contributed by atoms with E-state index in [0.717, 1.165) is 64.2 Å². The first-order valence-electron chi connectivity index (χ1n) is 16.8. The van der Waals surface area contributed by atoms with Crippen LogP contribution in [-0.2, 0) is 0 Å². The van der Waals surface area contributed by atoms with E-state index in [1.807, 2.05) is 116 Å². The molecular formula is C43H29Br2N5O4. The molecule has 4 N–H and O–H groups in total. The van der Waals surface area contributed by atoms with Crippen molar-refractivity contribution in [3.63, 3.8) is 0 Å². The molecule has 5 aromatic carbocycles. The smallest absolute Gasteiger partial charge is 0.336 e. The lowest BCUT2D eigenvalue weighted by Crippen LogP contribution is -2.13. The van der Waals surface area contributed by atoms with Gasteiger partial charge in [-0.1, -0.05) is 68.3 Å². The topological polar surface area (TPSA) is 133 Å². The number of pyridine rings is 2.